The van der Waals surface area contributed by atoms with Crippen LogP contribution in [0.4, 0.5) is 0 Å². The van der Waals surface area contributed by atoms with Crippen molar-refractivity contribution in [2.45, 2.75) is 44.9 Å². The second-order valence-corrected chi connectivity index (χ2v) is 7.88. The summed E-state index contributed by atoms with van der Waals surface area (Å²) in [6.07, 6.45) is 10.6. The lowest BCUT2D eigenvalue weighted by atomic mass is 9.70. The molecule has 0 radical (unpaired) electrons. The van der Waals surface area contributed by atoms with Gasteiger partial charge in [-0.05, 0) is 56.2 Å². The first kappa shape index (κ1) is 14.4. The first-order valence-corrected chi connectivity index (χ1v) is 8.51. The van der Waals surface area contributed by atoms with Gasteiger partial charge in [0.2, 0.25) is 5.41 Å². The van der Waals surface area contributed by atoms with Crippen LogP contribution in [0.1, 0.15) is 44.9 Å². The van der Waals surface area contributed by atoms with Crippen molar-refractivity contribution in [1.29, 1.82) is 21.2 Å². The average molecular weight is 303 g/mol. The molecule has 114 valence electrons. The highest BCUT2D eigenvalue weighted by molar-refractivity contribution is 5.67. The quantitative estimate of drug-likeness (QED) is 0.489. The van der Waals surface area contributed by atoms with E-state index in [2.05, 4.69) is 24.4 Å². The minimum atomic E-state index is -1.53. The molecular weight excluding hydrogens is 284 g/mol. The zero-order valence-electron chi connectivity index (χ0n) is 13.1. The molecule has 1 N–H and O–H groups in total. The van der Waals surface area contributed by atoms with Gasteiger partial charge in [0.25, 0.3) is 0 Å². The van der Waals surface area contributed by atoms with E-state index in [1.54, 1.807) is 0 Å². The molecule has 0 bridgehead atoms. The van der Waals surface area contributed by atoms with E-state index >= 15 is 0 Å². The third kappa shape index (κ3) is 1.64. The third-order valence-corrected chi connectivity index (χ3v) is 6.98. The van der Waals surface area contributed by atoms with Gasteiger partial charge < -0.3 is 0 Å². The van der Waals surface area contributed by atoms with Crippen molar-refractivity contribution in [3.63, 3.8) is 0 Å². The molecule has 1 spiro atoms. The Labute approximate surface area is 136 Å². The molecule has 0 aromatic carbocycles. The van der Waals surface area contributed by atoms with Gasteiger partial charge in [-0.2, -0.15) is 15.8 Å². The van der Waals surface area contributed by atoms with E-state index < -0.39 is 5.41 Å². The highest BCUT2D eigenvalue weighted by Gasteiger charge is 2.84. The maximum absolute atomic E-state index is 9.65. The standard InChI is InChI=1S/C19H19N4/c20-8-16(9-21)18(11-22,12-23)15-5-6-17(7-15)10-19(17,13-1-2-13)14-3-4-14/h7,13-15,20H,1-6,10H2/q+1. The molecule has 4 nitrogen and oxygen atoms in total. The van der Waals surface area contributed by atoms with Crippen LogP contribution in [0.2, 0.25) is 0 Å². The molecular formula is C19H19N4+. The highest BCUT2D eigenvalue weighted by atomic mass is 14.8. The summed E-state index contributed by atoms with van der Waals surface area (Å²) in [7, 11) is 0. The van der Waals surface area contributed by atoms with E-state index in [9.17, 15) is 15.8 Å². The number of hydrogen-bond acceptors (Lipinski definition) is 4. The number of nitrogens with one attached hydrogen (secondary N) is 1. The minimum Gasteiger partial charge on any atom is -0.258 e. The lowest BCUT2D eigenvalue weighted by Crippen LogP contribution is -2.29. The second kappa shape index (κ2) is 4.41. The van der Waals surface area contributed by atoms with Crippen molar-refractivity contribution < 1.29 is 0 Å². The SMILES string of the molecule is N#CC(=C=N)C(C#N)(C#N)C1[CH+]C2(CC1)CC2(C1CC1)C1CC1. The molecule has 4 saturated carbocycles. The summed E-state index contributed by atoms with van der Waals surface area (Å²) in [5.41, 5.74) is -1.02. The Bertz CT molecular complexity index is 705. The van der Waals surface area contributed by atoms with Crippen molar-refractivity contribution in [3.8, 4) is 18.2 Å². The normalized spacial score (nSPS) is 33.7. The number of nitriles is 3. The third-order valence-electron chi connectivity index (χ3n) is 6.98. The van der Waals surface area contributed by atoms with Crippen molar-refractivity contribution in [3.05, 3.63) is 12.0 Å². The molecule has 0 saturated heterocycles. The van der Waals surface area contributed by atoms with Gasteiger partial charge in [0.15, 0.2) is 0 Å². The molecule has 0 aromatic heterocycles. The zero-order chi connectivity index (χ0) is 16.3. The van der Waals surface area contributed by atoms with Crippen LogP contribution >= 0.6 is 0 Å². The molecule has 2 atom stereocenters. The predicted molar refractivity (Wildman–Crippen MR) is 82.5 cm³/mol. The van der Waals surface area contributed by atoms with Crippen LogP contribution < -0.4 is 0 Å². The number of hydrogen-bond donors (Lipinski definition) is 1. The molecule has 2 unspecified atom stereocenters. The number of allylic oxidation sites excluding steroid dienone is 1. The Morgan fingerprint density at radius 2 is 1.65 bits per heavy atom. The fourth-order valence-corrected chi connectivity index (χ4v) is 5.65. The molecule has 0 amide bonds. The molecule has 4 aliphatic rings. The van der Waals surface area contributed by atoms with Gasteiger partial charge >= 0.3 is 0 Å². The van der Waals surface area contributed by atoms with Crippen LogP contribution in [0.5, 0.6) is 0 Å². The molecule has 4 heteroatoms. The van der Waals surface area contributed by atoms with Crippen LogP contribution in [-0.4, -0.2) is 5.87 Å². The Morgan fingerprint density at radius 3 is 2.09 bits per heavy atom. The maximum atomic E-state index is 9.65. The molecule has 0 aliphatic heterocycles. The first-order valence-electron chi connectivity index (χ1n) is 8.51. The molecule has 4 rings (SSSR count). The minimum absolute atomic E-state index is 0.134. The van der Waals surface area contributed by atoms with Gasteiger partial charge in [0.05, 0.1) is 18.6 Å². The van der Waals surface area contributed by atoms with Crippen LogP contribution in [0.25, 0.3) is 0 Å². The summed E-state index contributed by atoms with van der Waals surface area (Å²) in [5, 5.41) is 35.8. The van der Waals surface area contributed by atoms with E-state index in [4.69, 9.17) is 5.41 Å². The summed E-state index contributed by atoms with van der Waals surface area (Å²) in [4.78, 5) is 0. The summed E-state index contributed by atoms with van der Waals surface area (Å²) in [6, 6.07) is 5.98. The van der Waals surface area contributed by atoms with E-state index in [0.717, 1.165) is 24.7 Å². The van der Waals surface area contributed by atoms with Crippen LogP contribution in [-0.2, 0) is 0 Å². The topological polar surface area (TPSA) is 95.2 Å². The molecule has 4 aliphatic carbocycles. The fraction of sp³-hybridized carbons (Fsp3) is 0.684. The van der Waals surface area contributed by atoms with E-state index in [1.165, 1.54) is 32.1 Å². The number of nitrogens with zero attached hydrogens (tertiary/aromatic N) is 3. The van der Waals surface area contributed by atoms with Crippen LogP contribution in [0.3, 0.4) is 0 Å². The maximum Gasteiger partial charge on any atom is 0.229 e. The van der Waals surface area contributed by atoms with Crippen molar-refractivity contribution in [1.82, 2.24) is 0 Å². The van der Waals surface area contributed by atoms with Gasteiger partial charge in [0.1, 0.15) is 23.0 Å². The molecule has 23 heavy (non-hydrogen) atoms. The average Bonchev–Trinajstić information content (AvgIpc) is 3.41. The van der Waals surface area contributed by atoms with E-state index in [1.807, 2.05) is 6.07 Å². The lowest BCUT2D eigenvalue weighted by molar-refractivity contribution is 0.286. The van der Waals surface area contributed by atoms with Crippen molar-refractivity contribution in [2.75, 3.05) is 0 Å². The summed E-state index contributed by atoms with van der Waals surface area (Å²) in [6.45, 7) is 0. The molecule has 4 fully saturated rings. The van der Waals surface area contributed by atoms with Crippen LogP contribution in [0.15, 0.2) is 5.57 Å². The Kier molecular flexibility index (Phi) is 2.76. The van der Waals surface area contributed by atoms with Gasteiger partial charge in [-0.15, -0.1) is 0 Å². The molecule has 0 heterocycles. The Hall–Kier alpha value is -2.21. The summed E-state index contributed by atoms with van der Waals surface area (Å²) in [5.74, 6) is 3.49. The fourth-order valence-electron chi connectivity index (χ4n) is 5.65. The second-order valence-electron chi connectivity index (χ2n) is 7.88. The first-order chi connectivity index (χ1) is 11.1. The van der Waals surface area contributed by atoms with E-state index in [0.29, 0.717) is 5.41 Å². The highest BCUT2D eigenvalue weighted by Crippen LogP contribution is 2.85. The van der Waals surface area contributed by atoms with E-state index in [-0.39, 0.29) is 16.9 Å². The Morgan fingerprint density at radius 1 is 1.04 bits per heavy atom. The summed E-state index contributed by atoms with van der Waals surface area (Å²) < 4.78 is 0. The van der Waals surface area contributed by atoms with Gasteiger partial charge in [0, 0.05) is 11.8 Å². The zero-order valence-corrected chi connectivity index (χ0v) is 13.1. The predicted octanol–water partition coefficient (Wildman–Crippen LogP) is 3.53. The van der Waals surface area contributed by atoms with Gasteiger partial charge in [-0.3, -0.25) is 5.41 Å². The largest absolute Gasteiger partial charge is 0.258 e. The van der Waals surface area contributed by atoms with Gasteiger partial charge in [-0.25, -0.2) is 0 Å². The van der Waals surface area contributed by atoms with Crippen molar-refractivity contribution >= 4 is 5.87 Å². The number of rotatable bonds is 4. The van der Waals surface area contributed by atoms with Crippen molar-refractivity contribution in [2.24, 2.45) is 34.0 Å². The Balaban J connectivity index is 1.64. The summed E-state index contributed by atoms with van der Waals surface area (Å²) >= 11 is 0. The molecule has 0 aromatic rings. The monoisotopic (exact) mass is 303 g/mol. The van der Waals surface area contributed by atoms with Gasteiger partial charge in [-0.1, -0.05) is 0 Å². The smallest absolute Gasteiger partial charge is 0.229 e. The van der Waals surface area contributed by atoms with Crippen LogP contribution in [0, 0.1) is 79.8 Å². The lowest BCUT2D eigenvalue weighted by Gasteiger charge is -2.19.